The van der Waals surface area contributed by atoms with Crippen molar-refractivity contribution < 1.29 is 9.47 Å². The largest absolute Gasteiger partial charge is 0.493 e. The summed E-state index contributed by atoms with van der Waals surface area (Å²) in [5.41, 5.74) is 6.95. The third-order valence-corrected chi connectivity index (χ3v) is 2.27. The van der Waals surface area contributed by atoms with Crippen molar-refractivity contribution in [2.24, 2.45) is 5.73 Å². The molecule has 0 saturated heterocycles. The fourth-order valence-electron chi connectivity index (χ4n) is 1.42. The fourth-order valence-corrected chi connectivity index (χ4v) is 1.42. The zero-order valence-electron chi connectivity index (χ0n) is 8.91. The molecule has 0 saturated carbocycles. The Labute approximate surface area is 84.8 Å². The van der Waals surface area contributed by atoms with E-state index >= 15 is 0 Å². The molecule has 1 aromatic rings. The number of ether oxygens (including phenoxy) is 2. The minimum absolute atomic E-state index is 0.0000463. The summed E-state index contributed by atoms with van der Waals surface area (Å²) < 4.78 is 10.5. The molecule has 1 atom stereocenters. The van der Waals surface area contributed by atoms with E-state index in [0.29, 0.717) is 0 Å². The van der Waals surface area contributed by atoms with Gasteiger partial charge < -0.3 is 15.2 Å². The topological polar surface area (TPSA) is 44.5 Å². The van der Waals surface area contributed by atoms with Crippen LogP contribution < -0.4 is 15.2 Å². The van der Waals surface area contributed by atoms with Crippen molar-refractivity contribution >= 4 is 0 Å². The maximum Gasteiger partial charge on any atom is 0.165 e. The number of nitrogens with two attached hydrogens (primary N) is 1. The number of para-hydroxylation sites is 1. The van der Waals surface area contributed by atoms with Crippen molar-refractivity contribution in [3.05, 3.63) is 23.8 Å². The molecule has 1 unspecified atom stereocenters. The van der Waals surface area contributed by atoms with Crippen LogP contribution >= 0.6 is 0 Å². The van der Waals surface area contributed by atoms with Crippen molar-refractivity contribution in [1.82, 2.24) is 0 Å². The van der Waals surface area contributed by atoms with E-state index < -0.39 is 0 Å². The second-order valence-electron chi connectivity index (χ2n) is 3.10. The van der Waals surface area contributed by atoms with Gasteiger partial charge in [-0.05, 0) is 12.5 Å². The first-order valence-electron chi connectivity index (χ1n) is 4.71. The minimum atomic E-state index is 0.0000463. The van der Waals surface area contributed by atoms with E-state index in [-0.39, 0.29) is 6.04 Å². The molecule has 3 heteroatoms. The zero-order valence-corrected chi connectivity index (χ0v) is 8.91. The van der Waals surface area contributed by atoms with Crippen molar-refractivity contribution in [2.75, 3.05) is 14.2 Å². The normalized spacial score (nSPS) is 12.3. The van der Waals surface area contributed by atoms with Gasteiger partial charge in [-0.15, -0.1) is 0 Å². The van der Waals surface area contributed by atoms with Crippen LogP contribution in [-0.2, 0) is 0 Å². The van der Waals surface area contributed by atoms with Crippen LogP contribution in [-0.4, -0.2) is 14.2 Å². The summed E-state index contributed by atoms with van der Waals surface area (Å²) in [4.78, 5) is 0. The lowest BCUT2D eigenvalue weighted by Gasteiger charge is -2.16. The van der Waals surface area contributed by atoms with Crippen LogP contribution in [0, 0.1) is 0 Å². The second kappa shape index (κ2) is 4.86. The van der Waals surface area contributed by atoms with Gasteiger partial charge in [0.2, 0.25) is 0 Å². The molecule has 3 nitrogen and oxygen atoms in total. The van der Waals surface area contributed by atoms with Gasteiger partial charge >= 0.3 is 0 Å². The predicted molar refractivity (Wildman–Crippen MR) is 56.8 cm³/mol. The summed E-state index contributed by atoms with van der Waals surface area (Å²) in [6, 6.07) is 5.76. The molecule has 0 aliphatic rings. The van der Waals surface area contributed by atoms with Crippen LogP contribution in [0.3, 0.4) is 0 Å². The Morgan fingerprint density at radius 3 is 2.50 bits per heavy atom. The predicted octanol–water partition coefficient (Wildman–Crippen LogP) is 2.11. The van der Waals surface area contributed by atoms with E-state index in [4.69, 9.17) is 15.2 Å². The van der Waals surface area contributed by atoms with Gasteiger partial charge in [-0.3, -0.25) is 0 Å². The molecule has 0 bridgehead atoms. The molecule has 14 heavy (non-hydrogen) atoms. The highest BCUT2D eigenvalue weighted by atomic mass is 16.5. The Morgan fingerprint density at radius 2 is 2.00 bits per heavy atom. The summed E-state index contributed by atoms with van der Waals surface area (Å²) in [5.74, 6) is 1.47. The van der Waals surface area contributed by atoms with Crippen molar-refractivity contribution in [3.8, 4) is 11.5 Å². The molecule has 0 aromatic heterocycles. The maximum atomic E-state index is 5.96. The molecule has 1 rings (SSSR count). The van der Waals surface area contributed by atoms with Crippen molar-refractivity contribution in [1.29, 1.82) is 0 Å². The summed E-state index contributed by atoms with van der Waals surface area (Å²) in [6.07, 6.45) is 0.878. The van der Waals surface area contributed by atoms with E-state index in [9.17, 15) is 0 Å². The van der Waals surface area contributed by atoms with Gasteiger partial charge in [0.15, 0.2) is 11.5 Å². The highest BCUT2D eigenvalue weighted by Gasteiger charge is 2.13. The van der Waals surface area contributed by atoms with Gasteiger partial charge in [0.1, 0.15) is 0 Å². The van der Waals surface area contributed by atoms with Gasteiger partial charge in [0, 0.05) is 11.6 Å². The molecule has 0 heterocycles. The molecule has 0 spiro atoms. The van der Waals surface area contributed by atoms with Crippen molar-refractivity contribution in [3.63, 3.8) is 0 Å². The molecule has 0 aliphatic carbocycles. The number of methoxy groups -OCH3 is 2. The SMILES string of the molecule is CCC(N)c1cccc(OC)c1OC. The molecule has 78 valence electrons. The summed E-state index contributed by atoms with van der Waals surface area (Å²) in [6.45, 7) is 2.05. The van der Waals surface area contributed by atoms with Crippen LogP contribution in [0.5, 0.6) is 11.5 Å². The first kappa shape index (κ1) is 10.9. The fraction of sp³-hybridized carbons (Fsp3) is 0.455. The molecule has 1 aromatic carbocycles. The van der Waals surface area contributed by atoms with Crippen LogP contribution in [0.2, 0.25) is 0 Å². The van der Waals surface area contributed by atoms with Crippen molar-refractivity contribution in [2.45, 2.75) is 19.4 Å². The number of rotatable bonds is 4. The lowest BCUT2D eigenvalue weighted by Crippen LogP contribution is -2.10. The average Bonchev–Trinajstić information content (AvgIpc) is 2.26. The molecular formula is C11H17NO2. The molecular weight excluding hydrogens is 178 g/mol. The van der Waals surface area contributed by atoms with E-state index in [1.165, 1.54) is 0 Å². The Kier molecular flexibility index (Phi) is 3.77. The van der Waals surface area contributed by atoms with E-state index in [1.807, 2.05) is 25.1 Å². The van der Waals surface area contributed by atoms with Gasteiger partial charge in [0.25, 0.3) is 0 Å². The number of hydrogen-bond donors (Lipinski definition) is 1. The van der Waals surface area contributed by atoms with E-state index in [0.717, 1.165) is 23.5 Å². The Hall–Kier alpha value is -1.22. The maximum absolute atomic E-state index is 5.96. The van der Waals surface area contributed by atoms with Gasteiger partial charge in [-0.2, -0.15) is 0 Å². The summed E-state index contributed by atoms with van der Waals surface area (Å²) >= 11 is 0. The molecule has 0 amide bonds. The van der Waals surface area contributed by atoms with E-state index in [2.05, 4.69) is 0 Å². The smallest absolute Gasteiger partial charge is 0.165 e. The standard InChI is InChI=1S/C11H17NO2/c1-4-9(12)8-6-5-7-10(13-2)11(8)14-3/h5-7,9H,4,12H2,1-3H3. The highest BCUT2D eigenvalue weighted by Crippen LogP contribution is 2.34. The number of hydrogen-bond acceptors (Lipinski definition) is 3. The molecule has 2 N–H and O–H groups in total. The zero-order chi connectivity index (χ0) is 10.6. The average molecular weight is 195 g/mol. The third-order valence-electron chi connectivity index (χ3n) is 2.27. The first-order chi connectivity index (χ1) is 6.74. The lowest BCUT2D eigenvalue weighted by molar-refractivity contribution is 0.349. The second-order valence-corrected chi connectivity index (χ2v) is 3.10. The summed E-state index contributed by atoms with van der Waals surface area (Å²) in [7, 11) is 3.25. The highest BCUT2D eigenvalue weighted by molar-refractivity contribution is 5.47. The quantitative estimate of drug-likeness (QED) is 0.800. The molecule has 0 aliphatic heterocycles. The molecule has 0 radical (unpaired) electrons. The van der Waals surface area contributed by atoms with Crippen LogP contribution in [0.15, 0.2) is 18.2 Å². The number of benzene rings is 1. The van der Waals surface area contributed by atoms with Crippen LogP contribution in [0.1, 0.15) is 24.9 Å². The van der Waals surface area contributed by atoms with Crippen LogP contribution in [0.25, 0.3) is 0 Å². The van der Waals surface area contributed by atoms with E-state index in [1.54, 1.807) is 14.2 Å². The molecule has 0 fully saturated rings. The minimum Gasteiger partial charge on any atom is -0.493 e. The summed E-state index contributed by atoms with van der Waals surface area (Å²) in [5, 5.41) is 0. The Balaban J connectivity index is 3.14. The van der Waals surface area contributed by atoms with Gasteiger partial charge in [-0.25, -0.2) is 0 Å². The van der Waals surface area contributed by atoms with Crippen LogP contribution in [0.4, 0.5) is 0 Å². The third kappa shape index (κ3) is 1.99. The lowest BCUT2D eigenvalue weighted by atomic mass is 10.0. The van der Waals surface area contributed by atoms with Gasteiger partial charge in [-0.1, -0.05) is 19.1 Å². The first-order valence-corrected chi connectivity index (χ1v) is 4.71. The van der Waals surface area contributed by atoms with Gasteiger partial charge in [0.05, 0.1) is 14.2 Å². The Morgan fingerprint density at radius 1 is 1.29 bits per heavy atom. The Bertz CT molecular complexity index is 299. The monoisotopic (exact) mass is 195 g/mol.